The summed E-state index contributed by atoms with van der Waals surface area (Å²) in [5, 5.41) is 17.8. The van der Waals surface area contributed by atoms with E-state index >= 15 is 0 Å². The van der Waals surface area contributed by atoms with Crippen molar-refractivity contribution in [2.45, 2.75) is 11.1 Å². The molecule has 7 heteroatoms. The SMILES string of the molecule is C/C(=N\O)c1csc(S(N)(=O)=O)c1. The average molecular weight is 220 g/mol. The predicted octanol–water partition coefficient (Wildman–Crippen LogP) is 0.594. The van der Waals surface area contributed by atoms with E-state index in [1.807, 2.05) is 0 Å². The molecular weight excluding hydrogens is 212 g/mol. The molecule has 13 heavy (non-hydrogen) atoms. The van der Waals surface area contributed by atoms with E-state index in [0.717, 1.165) is 11.3 Å². The first-order chi connectivity index (χ1) is 5.95. The first-order valence-electron chi connectivity index (χ1n) is 3.25. The highest BCUT2D eigenvalue weighted by atomic mass is 32.2. The molecular formula is C6H8N2O3S2. The number of hydrogen-bond acceptors (Lipinski definition) is 5. The van der Waals surface area contributed by atoms with Crippen LogP contribution in [0.5, 0.6) is 0 Å². The Morgan fingerprint density at radius 1 is 1.69 bits per heavy atom. The van der Waals surface area contributed by atoms with Gasteiger partial charge in [-0.3, -0.25) is 0 Å². The molecule has 0 aliphatic heterocycles. The van der Waals surface area contributed by atoms with Crippen LogP contribution >= 0.6 is 11.3 Å². The summed E-state index contributed by atoms with van der Waals surface area (Å²) in [6.07, 6.45) is 0. The molecule has 0 amide bonds. The van der Waals surface area contributed by atoms with Crippen LogP contribution in [0.15, 0.2) is 20.8 Å². The molecule has 0 radical (unpaired) electrons. The summed E-state index contributed by atoms with van der Waals surface area (Å²) >= 11 is 0.995. The zero-order valence-corrected chi connectivity index (χ0v) is 8.39. The summed E-state index contributed by atoms with van der Waals surface area (Å²) in [6.45, 7) is 1.56. The number of primary sulfonamides is 1. The molecule has 0 aliphatic carbocycles. The second kappa shape index (κ2) is 3.44. The van der Waals surface area contributed by atoms with Crippen LogP contribution in [0.1, 0.15) is 12.5 Å². The van der Waals surface area contributed by atoms with Crippen molar-refractivity contribution in [2.75, 3.05) is 0 Å². The fourth-order valence-electron chi connectivity index (χ4n) is 0.713. The second-order valence-electron chi connectivity index (χ2n) is 2.38. The molecule has 0 bridgehead atoms. The van der Waals surface area contributed by atoms with Gasteiger partial charge in [0, 0.05) is 10.9 Å². The standard InChI is InChI=1S/C6H8N2O3S2/c1-4(8-9)5-2-6(12-3-5)13(7,10)11/h2-3,9H,1H3,(H2,7,10,11)/b8-4+. The van der Waals surface area contributed by atoms with Crippen LogP contribution in [0.3, 0.4) is 0 Å². The highest BCUT2D eigenvalue weighted by molar-refractivity contribution is 7.91. The van der Waals surface area contributed by atoms with E-state index < -0.39 is 10.0 Å². The molecule has 1 heterocycles. The molecule has 0 saturated carbocycles. The molecule has 1 rings (SSSR count). The molecule has 1 aromatic rings. The van der Waals surface area contributed by atoms with Crippen LogP contribution in [-0.2, 0) is 10.0 Å². The molecule has 3 N–H and O–H groups in total. The van der Waals surface area contributed by atoms with E-state index in [1.54, 1.807) is 12.3 Å². The lowest BCUT2D eigenvalue weighted by Crippen LogP contribution is -2.10. The largest absolute Gasteiger partial charge is 0.411 e. The monoisotopic (exact) mass is 220 g/mol. The predicted molar refractivity (Wildman–Crippen MR) is 49.7 cm³/mol. The second-order valence-corrected chi connectivity index (χ2v) is 5.08. The van der Waals surface area contributed by atoms with Gasteiger partial charge in [0.1, 0.15) is 4.21 Å². The van der Waals surface area contributed by atoms with Crippen molar-refractivity contribution in [1.82, 2.24) is 0 Å². The molecule has 0 fully saturated rings. The number of nitrogens with two attached hydrogens (primary N) is 1. The minimum atomic E-state index is -3.64. The summed E-state index contributed by atoms with van der Waals surface area (Å²) in [5.41, 5.74) is 0.905. The van der Waals surface area contributed by atoms with E-state index in [2.05, 4.69) is 5.16 Å². The van der Waals surface area contributed by atoms with Gasteiger partial charge in [0.2, 0.25) is 10.0 Å². The molecule has 72 valence electrons. The van der Waals surface area contributed by atoms with Crippen molar-refractivity contribution in [3.05, 3.63) is 17.0 Å². The van der Waals surface area contributed by atoms with E-state index in [-0.39, 0.29) is 4.21 Å². The summed E-state index contributed by atoms with van der Waals surface area (Å²) in [7, 11) is -3.64. The van der Waals surface area contributed by atoms with Gasteiger partial charge >= 0.3 is 0 Å². The van der Waals surface area contributed by atoms with Gasteiger partial charge in [-0.25, -0.2) is 13.6 Å². The van der Waals surface area contributed by atoms with Gasteiger partial charge in [0.05, 0.1) is 5.71 Å². The summed E-state index contributed by atoms with van der Waals surface area (Å²) < 4.78 is 21.7. The van der Waals surface area contributed by atoms with Crippen molar-refractivity contribution >= 4 is 27.1 Å². The van der Waals surface area contributed by atoms with Crippen LogP contribution in [0.4, 0.5) is 0 Å². The van der Waals surface area contributed by atoms with E-state index in [0.29, 0.717) is 11.3 Å². The fourth-order valence-corrected chi connectivity index (χ4v) is 2.36. The molecule has 0 atom stereocenters. The maximum absolute atomic E-state index is 10.8. The lowest BCUT2D eigenvalue weighted by atomic mass is 10.2. The lowest BCUT2D eigenvalue weighted by Gasteiger charge is -1.90. The minimum absolute atomic E-state index is 0.0606. The third kappa shape index (κ3) is 2.27. The lowest BCUT2D eigenvalue weighted by molar-refractivity contribution is 0.319. The van der Waals surface area contributed by atoms with E-state index in [1.165, 1.54) is 6.07 Å². The number of hydrogen-bond donors (Lipinski definition) is 2. The van der Waals surface area contributed by atoms with Crippen LogP contribution in [0.25, 0.3) is 0 Å². The van der Waals surface area contributed by atoms with Gasteiger partial charge < -0.3 is 5.21 Å². The number of thiophene rings is 1. The van der Waals surface area contributed by atoms with Gasteiger partial charge in [0.25, 0.3) is 0 Å². The minimum Gasteiger partial charge on any atom is -0.411 e. The van der Waals surface area contributed by atoms with Crippen molar-refractivity contribution in [3.63, 3.8) is 0 Å². The molecule has 0 aliphatic rings. The molecule has 0 aromatic carbocycles. The Labute approximate surface area is 79.5 Å². The normalized spacial score (nSPS) is 13.2. The number of rotatable bonds is 2. The van der Waals surface area contributed by atoms with Crippen LogP contribution < -0.4 is 5.14 Å². The third-order valence-electron chi connectivity index (χ3n) is 1.42. The van der Waals surface area contributed by atoms with E-state index in [4.69, 9.17) is 10.3 Å². The van der Waals surface area contributed by atoms with Gasteiger partial charge in [-0.2, -0.15) is 0 Å². The van der Waals surface area contributed by atoms with Crippen molar-refractivity contribution in [1.29, 1.82) is 0 Å². The summed E-state index contributed by atoms with van der Waals surface area (Å²) in [4.78, 5) is 0. The van der Waals surface area contributed by atoms with Gasteiger partial charge in [-0.15, -0.1) is 11.3 Å². The van der Waals surface area contributed by atoms with Crippen LogP contribution in [0.2, 0.25) is 0 Å². The molecule has 1 aromatic heterocycles. The Morgan fingerprint density at radius 3 is 2.69 bits per heavy atom. The zero-order chi connectivity index (χ0) is 10.1. The maximum atomic E-state index is 10.8. The fraction of sp³-hybridized carbons (Fsp3) is 0.167. The van der Waals surface area contributed by atoms with Gasteiger partial charge in [0.15, 0.2) is 0 Å². The Balaban J connectivity index is 3.15. The van der Waals surface area contributed by atoms with Crippen molar-refractivity contribution in [2.24, 2.45) is 10.3 Å². The molecule has 0 saturated heterocycles. The van der Waals surface area contributed by atoms with E-state index in [9.17, 15) is 8.42 Å². The number of oxime groups is 1. The Hall–Kier alpha value is -0.920. The zero-order valence-electron chi connectivity index (χ0n) is 6.76. The summed E-state index contributed by atoms with van der Waals surface area (Å²) in [6, 6.07) is 1.37. The topological polar surface area (TPSA) is 92.8 Å². The highest BCUT2D eigenvalue weighted by Gasteiger charge is 2.12. The van der Waals surface area contributed by atoms with Crippen molar-refractivity contribution in [3.8, 4) is 0 Å². The third-order valence-corrected chi connectivity index (χ3v) is 3.81. The van der Waals surface area contributed by atoms with Gasteiger partial charge in [-0.1, -0.05) is 5.16 Å². The maximum Gasteiger partial charge on any atom is 0.247 e. The van der Waals surface area contributed by atoms with Crippen molar-refractivity contribution < 1.29 is 13.6 Å². The number of nitrogens with zero attached hydrogens (tertiary/aromatic N) is 1. The highest BCUT2D eigenvalue weighted by Crippen LogP contribution is 2.19. The first-order valence-corrected chi connectivity index (χ1v) is 5.68. The smallest absolute Gasteiger partial charge is 0.247 e. The molecule has 0 unspecified atom stereocenters. The Bertz CT molecular complexity index is 432. The van der Waals surface area contributed by atoms with Crippen LogP contribution in [-0.4, -0.2) is 19.3 Å². The Kier molecular flexibility index (Phi) is 2.69. The van der Waals surface area contributed by atoms with Crippen LogP contribution in [0, 0.1) is 0 Å². The first kappa shape index (κ1) is 10.2. The average Bonchev–Trinajstić information content (AvgIpc) is 2.50. The number of sulfonamides is 1. The quantitative estimate of drug-likeness (QED) is 0.434. The Morgan fingerprint density at radius 2 is 2.31 bits per heavy atom. The molecule has 5 nitrogen and oxygen atoms in total. The molecule has 0 spiro atoms. The van der Waals surface area contributed by atoms with Gasteiger partial charge in [-0.05, 0) is 13.0 Å². The summed E-state index contributed by atoms with van der Waals surface area (Å²) in [5.74, 6) is 0.